The monoisotopic (exact) mass is 222 g/mol. The molecule has 0 bridgehead atoms. The molecular formula is C12H22N4. The van der Waals surface area contributed by atoms with E-state index >= 15 is 0 Å². The van der Waals surface area contributed by atoms with Crippen LogP contribution < -0.4 is 5.32 Å². The van der Waals surface area contributed by atoms with Crippen molar-refractivity contribution in [2.75, 3.05) is 25.5 Å². The molecular weight excluding hydrogens is 200 g/mol. The number of piperidine rings is 1. The molecule has 4 heteroatoms. The van der Waals surface area contributed by atoms with Gasteiger partial charge in [0.2, 0.25) is 0 Å². The summed E-state index contributed by atoms with van der Waals surface area (Å²) in [5, 5.41) is 7.85. The molecule has 1 aliphatic heterocycles. The lowest BCUT2D eigenvalue weighted by Crippen LogP contribution is -2.37. The van der Waals surface area contributed by atoms with Crippen molar-refractivity contribution in [3.8, 4) is 0 Å². The van der Waals surface area contributed by atoms with E-state index < -0.39 is 0 Å². The molecule has 1 saturated heterocycles. The SMILES string of the molecule is CC(Nc1ccn(C)n1)C1CCN(C)CC1. The number of rotatable bonds is 3. The summed E-state index contributed by atoms with van der Waals surface area (Å²) in [5.74, 6) is 1.77. The molecule has 0 aliphatic carbocycles. The molecule has 0 radical (unpaired) electrons. The Morgan fingerprint density at radius 1 is 1.38 bits per heavy atom. The maximum atomic E-state index is 4.36. The average molecular weight is 222 g/mol. The predicted molar refractivity (Wildman–Crippen MR) is 66.5 cm³/mol. The van der Waals surface area contributed by atoms with Crippen molar-refractivity contribution in [1.82, 2.24) is 14.7 Å². The summed E-state index contributed by atoms with van der Waals surface area (Å²) in [6.45, 7) is 4.71. The Morgan fingerprint density at radius 3 is 2.62 bits per heavy atom. The maximum Gasteiger partial charge on any atom is 0.148 e. The molecule has 4 nitrogen and oxygen atoms in total. The van der Waals surface area contributed by atoms with Gasteiger partial charge < -0.3 is 10.2 Å². The van der Waals surface area contributed by atoms with E-state index in [4.69, 9.17) is 0 Å². The third kappa shape index (κ3) is 2.76. The van der Waals surface area contributed by atoms with Crippen LogP contribution >= 0.6 is 0 Å². The van der Waals surface area contributed by atoms with E-state index in [-0.39, 0.29) is 0 Å². The molecule has 1 N–H and O–H groups in total. The summed E-state index contributed by atoms with van der Waals surface area (Å²) in [4.78, 5) is 2.41. The van der Waals surface area contributed by atoms with E-state index in [2.05, 4.69) is 29.3 Å². The van der Waals surface area contributed by atoms with Crippen molar-refractivity contribution in [1.29, 1.82) is 0 Å². The van der Waals surface area contributed by atoms with E-state index in [0.717, 1.165) is 11.7 Å². The number of hydrogen-bond donors (Lipinski definition) is 1. The van der Waals surface area contributed by atoms with Crippen LogP contribution in [0.25, 0.3) is 0 Å². The first kappa shape index (κ1) is 11.5. The highest BCUT2D eigenvalue weighted by atomic mass is 15.3. The Labute approximate surface area is 97.6 Å². The second-order valence-corrected chi connectivity index (χ2v) is 4.95. The van der Waals surface area contributed by atoms with E-state index in [1.165, 1.54) is 25.9 Å². The third-order valence-corrected chi connectivity index (χ3v) is 3.56. The summed E-state index contributed by atoms with van der Waals surface area (Å²) in [7, 11) is 4.15. The lowest BCUT2D eigenvalue weighted by atomic mass is 9.90. The molecule has 0 saturated carbocycles. The van der Waals surface area contributed by atoms with Crippen molar-refractivity contribution >= 4 is 5.82 Å². The highest BCUT2D eigenvalue weighted by Gasteiger charge is 2.22. The largest absolute Gasteiger partial charge is 0.366 e. The van der Waals surface area contributed by atoms with Crippen molar-refractivity contribution in [3.05, 3.63) is 12.3 Å². The first-order valence-corrected chi connectivity index (χ1v) is 6.10. The number of nitrogens with one attached hydrogen (secondary N) is 1. The van der Waals surface area contributed by atoms with Crippen LogP contribution in [0.15, 0.2) is 12.3 Å². The van der Waals surface area contributed by atoms with Crippen LogP contribution in [0.1, 0.15) is 19.8 Å². The van der Waals surface area contributed by atoms with Gasteiger partial charge in [0.05, 0.1) is 0 Å². The summed E-state index contributed by atoms with van der Waals surface area (Å²) < 4.78 is 1.84. The van der Waals surface area contributed by atoms with E-state index in [1.807, 2.05) is 24.0 Å². The van der Waals surface area contributed by atoms with Gasteiger partial charge in [-0.3, -0.25) is 4.68 Å². The average Bonchev–Trinajstić information content (AvgIpc) is 2.65. The standard InChI is InChI=1S/C12H22N4/c1-10(11-4-7-15(2)8-5-11)13-12-6-9-16(3)14-12/h6,9-11H,4-5,7-8H2,1-3H3,(H,13,14). The van der Waals surface area contributed by atoms with Crippen LogP contribution in [0.4, 0.5) is 5.82 Å². The summed E-state index contributed by atoms with van der Waals surface area (Å²) in [5.41, 5.74) is 0. The molecule has 1 unspecified atom stereocenters. The van der Waals surface area contributed by atoms with Crippen molar-refractivity contribution < 1.29 is 0 Å². The quantitative estimate of drug-likeness (QED) is 0.842. The molecule has 1 aromatic heterocycles. The van der Waals surface area contributed by atoms with Crippen LogP contribution in [0.3, 0.4) is 0 Å². The molecule has 2 rings (SSSR count). The van der Waals surface area contributed by atoms with E-state index in [9.17, 15) is 0 Å². The topological polar surface area (TPSA) is 33.1 Å². The normalized spacial score (nSPS) is 20.9. The number of anilines is 1. The predicted octanol–water partition coefficient (Wildman–Crippen LogP) is 1.56. The fourth-order valence-corrected chi connectivity index (χ4v) is 2.37. The Kier molecular flexibility index (Phi) is 3.49. The molecule has 1 atom stereocenters. The summed E-state index contributed by atoms with van der Waals surface area (Å²) in [6, 6.07) is 2.55. The number of aryl methyl sites for hydroxylation is 1. The van der Waals surface area contributed by atoms with E-state index in [0.29, 0.717) is 6.04 Å². The second kappa shape index (κ2) is 4.87. The Morgan fingerprint density at radius 2 is 2.06 bits per heavy atom. The second-order valence-electron chi connectivity index (χ2n) is 4.95. The van der Waals surface area contributed by atoms with Gasteiger partial charge in [0.1, 0.15) is 5.82 Å². The number of likely N-dealkylation sites (tertiary alicyclic amines) is 1. The van der Waals surface area contributed by atoms with Crippen molar-refractivity contribution in [3.63, 3.8) is 0 Å². The minimum Gasteiger partial charge on any atom is -0.366 e. The first-order valence-electron chi connectivity index (χ1n) is 6.10. The first-order chi connectivity index (χ1) is 7.65. The van der Waals surface area contributed by atoms with Crippen molar-refractivity contribution in [2.45, 2.75) is 25.8 Å². The minimum atomic E-state index is 0.517. The molecule has 1 fully saturated rings. The van der Waals surface area contributed by atoms with Gasteiger partial charge in [-0.05, 0) is 45.8 Å². The van der Waals surface area contributed by atoms with Gasteiger partial charge in [0.25, 0.3) is 0 Å². The fourth-order valence-electron chi connectivity index (χ4n) is 2.37. The molecule has 16 heavy (non-hydrogen) atoms. The zero-order valence-electron chi connectivity index (χ0n) is 10.5. The molecule has 0 spiro atoms. The van der Waals surface area contributed by atoms with Gasteiger partial charge in [0, 0.05) is 25.4 Å². The summed E-state index contributed by atoms with van der Waals surface area (Å²) in [6.07, 6.45) is 4.55. The zero-order chi connectivity index (χ0) is 11.5. The van der Waals surface area contributed by atoms with Gasteiger partial charge >= 0.3 is 0 Å². The van der Waals surface area contributed by atoms with Crippen LogP contribution in [0.5, 0.6) is 0 Å². The third-order valence-electron chi connectivity index (χ3n) is 3.56. The Hall–Kier alpha value is -1.03. The van der Waals surface area contributed by atoms with Crippen LogP contribution in [-0.4, -0.2) is 40.9 Å². The molecule has 1 aliphatic rings. The molecule has 2 heterocycles. The zero-order valence-corrected chi connectivity index (χ0v) is 10.5. The lowest BCUT2D eigenvalue weighted by molar-refractivity contribution is 0.208. The van der Waals surface area contributed by atoms with Crippen LogP contribution in [0, 0.1) is 5.92 Å². The molecule has 90 valence electrons. The summed E-state index contributed by atoms with van der Waals surface area (Å²) >= 11 is 0. The number of hydrogen-bond acceptors (Lipinski definition) is 3. The fraction of sp³-hybridized carbons (Fsp3) is 0.750. The smallest absolute Gasteiger partial charge is 0.148 e. The Balaban J connectivity index is 1.85. The molecule has 0 amide bonds. The van der Waals surface area contributed by atoms with Gasteiger partial charge in [-0.1, -0.05) is 0 Å². The van der Waals surface area contributed by atoms with Gasteiger partial charge in [0.15, 0.2) is 0 Å². The lowest BCUT2D eigenvalue weighted by Gasteiger charge is -2.33. The van der Waals surface area contributed by atoms with Gasteiger partial charge in [-0.25, -0.2) is 0 Å². The molecule has 0 aromatic carbocycles. The van der Waals surface area contributed by atoms with Gasteiger partial charge in [-0.2, -0.15) is 5.10 Å². The van der Waals surface area contributed by atoms with Gasteiger partial charge in [-0.15, -0.1) is 0 Å². The molecule has 1 aromatic rings. The highest BCUT2D eigenvalue weighted by Crippen LogP contribution is 2.21. The van der Waals surface area contributed by atoms with E-state index in [1.54, 1.807) is 0 Å². The number of aromatic nitrogens is 2. The van der Waals surface area contributed by atoms with Crippen LogP contribution in [-0.2, 0) is 7.05 Å². The highest BCUT2D eigenvalue weighted by molar-refractivity contribution is 5.33. The number of nitrogens with zero attached hydrogens (tertiary/aromatic N) is 3. The maximum absolute atomic E-state index is 4.36. The Bertz CT molecular complexity index is 326. The van der Waals surface area contributed by atoms with Crippen molar-refractivity contribution in [2.24, 2.45) is 13.0 Å². The van der Waals surface area contributed by atoms with Crippen LogP contribution in [0.2, 0.25) is 0 Å². The minimum absolute atomic E-state index is 0.517.